The second-order valence-corrected chi connectivity index (χ2v) is 21.7. The predicted octanol–water partition coefficient (Wildman–Crippen LogP) is 10.3. The largest absolute Gasteiger partial charge is 0.508 e. The Labute approximate surface area is 415 Å². The summed E-state index contributed by atoms with van der Waals surface area (Å²) >= 11 is 5.55. The number of nitrogens with zero attached hydrogens (tertiary/aromatic N) is 10. The number of phenols is 1. The van der Waals surface area contributed by atoms with Crippen molar-refractivity contribution in [2.24, 2.45) is 17.9 Å². The van der Waals surface area contributed by atoms with Crippen LogP contribution in [0.4, 0.5) is 20.3 Å². The van der Waals surface area contributed by atoms with Gasteiger partial charge >= 0.3 is 0 Å². The third-order valence-electron chi connectivity index (χ3n) is 15.0. The highest BCUT2D eigenvalue weighted by Crippen LogP contribution is 2.53. The van der Waals surface area contributed by atoms with Crippen LogP contribution in [-0.2, 0) is 31.2 Å². The van der Waals surface area contributed by atoms with Gasteiger partial charge in [0.15, 0.2) is 5.82 Å². The van der Waals surface area contributed by atoms with Crippen molar-refractivity contribution in [3.05, 3.63) is 93.5 Å². The van der Waals surface area contributed by atoms with Crippen LogP contribution in [0.15, 0.2) is 55.0 Å². The van der Waals surface area contributed by atoms with Crippen molar-refractivity contribution in [2.75, 3.05) is 38.1 Å². The molecule has 3 aromatic heterocycles. The monoisotopic (exact) mass is 980 g/mol. The second kappa shape index (κ2) is 20.9. The van der Waals surface area contributed by atoms with E-state index in [4.69, 9.17) is 27.1 Å². The van der Waals surface area contributed by atoms with Gasteiger partial charge in [0.25, 0.3) is 12.3 Å². The topological polar surface area (TPSA) is 153 Å². The van der Waals surface area contributed by atoms with Gasteiger partial charge in [0.2, 0.25) is 5.91 Å². The molecule has 0 unspecified atom stereocenters. The number of piperidine rings is 1. The van der Waals surface area contributed by atoms with E-state index in [1.807, 2.05) is 27.9 Å². The van der Waals surface area contributed by atoms with Gasteiger partial charge in [0.1, 0.15) is 11.8 Å². The van der Waals surface area contributed by atoms with E-state index in [1.165, 1.54) is 56.0 Å². The van der Waals surface area contributed by atoms with Crippen molar-refractivity contribution >= 4 is 34.9 Å². The van der Waals surface area contributed by atoms with Crippen LogP contribution in [0.1, 0.15) is 149 Å². The number of nitriles is 1. The van der Waals surface area contributed by atoms with E-state index in [2.05, 4.69) is 64.7 Å². The number of hydrogen-bond acceptors (Lipinski definition) is 9. The number of benzene rings is 2. The molecule has 2 aromatic carbocycles. The summed E-state index contributed by atoms with van der Waals surface area (Å²) in [6.45, 7) is 14.5. The number of halogens is 3. The maximum atomic E-state index is 14.4. The minimum Gasteiger partial charge on any atom is -0.508 e. The SMILES string of the molecule is CC(=O)N1CCc2c(c(N3CCCc4cc(-c5ccn(C)n5)c(C(F)F)cc43)nn2C2CCN(C)CC2)C1.CC1(C)CC(C)(C)C1NC(=O)c1cnn(C2CCCCC2)c1.N#Cc1ccc(O)cc1Cl. The first-order valence-corrected chi connectivity index (χ1v) is 25.2. The summed E-state index contributed by atoms with van der Waals surface area (Å²) < 4.78 is 34.6. The molecule has 3 aliphatic heterocycles. The Hall–Kier alpha value is -5.79. The molecule has 0 spiro atoms. The van der Waals surface area contributed by atoms with Crippen LogP contribution in [-0.4, -0.2) is 95.3 Å². The van der Waals surface area contributed by atoms with Gasteiger partial charge in [-0.15, -0.1) is 0 Å². The fraction of sp³-hybridized carbons (Fsp3) is 0.547. The molecule has 70 heavy (non-hydrogen) atoms. The molecule has 2 amide bonds. The molecule has 0 radical (unpaired) electrons. The molecule has 10 rings (SSSR count). The van der Waals surface area contributed by atoms with Gasteiger partial charge in [-0.3, -0.25) is 23.6 Å². The van der Waals surface area contributed by atoms with E-state index in [0.717, 1.165) is 74.2 Å². The van der Waals surface area contributed by atoms with Crippen molar-refractivity contribution < 1.29 is 23.5 Å². The Morgan fingerprint density at radius 1 is 0.914 bits per heavy atom. The van der Waals surface area contributed by atoms with Crippen molar-refractivity contribution in [3.8, 4) is 23.1 Å². The summed E-state index contributed by atoms with van der Waals surface area (Å²) in [4.78, 5) is 31.2. The summed E-state index contributed by atoms with van der Waals surface area (Å²) in [6, 6.07) is 12.4. The first kappa shape index (κ1) is 50.6. The fourth-order valence-electron chi connectivity index (χ4n) is 11.8. The number of aryl methyl sites for hydroxylation is 2. The molecule has 5 aromatic rings. The number of anilines is 2. The number of rotatable bonds is 7. The van der Waals surface area contributed by atoms with Gasteiger partial charge in [-0.25, -0.2) is 8.78 Å². The number of carbonyl (C=O) groups excluding carboxylic acids is 2. The van der Waals surface area contributed by atoms with E-state index < -0.39 is 6.43 Å². The lowest BCUT2D eigenvalue weighted by Gasteiger charge is -2.57. The summed E-state index contributed by atoms with van der Waals surface area (Å²) in [5.74, 6) is 0.959. The smallest absolute Gasteiger partial charge is 0.264 e. The number of alkyl halides is 2. The molecule has 17 heteroatoms. The maximum Gasteiger partial charge on any atom is 0.264 e. The molecule has 2 saturated carbocycles. The van der Waals surface area contributed by atoms with Crippen molar-refractivity contribution in [1.29, 1.82) is 5.26 Å². The number of carbonyl (C=O) groups is 2. The normalized spacial score (nSPS) is 19.2. The molecule has 6 heterocycles. The highest BCUT2D eigenvalue weighted by atomic mass is 35.5. The highest BCUT2D eigenvalue weighted by molar-refractivity contribution is 6.31. The Bertz CT molecular complexity index is 2710. The van der Waals surface area contributed by atoms with Crippen LogP contribution in [0.5, 0.6) is 5.75 Å². The minimum absolute atomic E-state index is 0.0108. The van der Waals surface area contributed by atoms with Gasteiger partial charge in [-0.1, -0.05) is 58.6 Å². The van der Waals surface area contributed by atoms with Gasteiger partial charge in [0.05, 0.1) is 46.7 Å². The fourth-order valence-corrected chi connectivity index (χ4v) is 12.0. The maximum absolute atomic E-state index is 14.4. The molecule has 2 N–H and O–H groups in total. The van der Waals surface area contributed by atoms with E-state index in [1.54, 1.807) is 43.2 Å². The van der Waals surface area contributed by atoms with Crippen LogP contribution in [0.2, 0.25) is 5.02 Å². The Morgan fingerprint density at radius 2 is 1.64 bits per heavy atom. The molecule has 1 saturated heterocycles. The van der Waals surface area contributed by atoms with Crippen molar-refractivity contribution in [3.63, 3.8) is 0 Å². The Morgan fingerprint density at radius 3 is 2.27 bits per heavy atom. The number of aromatic nitrogens is 6. The first-order chi connectivity index (χ1) is 33.3. The lowest BCUT2D eigenvalue weighted by atomic mass is 9.52. The summed E-state index contributed by atoms with van der Waals surface area (Å²) in [7, 11) is 3.94. The van der Waals surface area contributed by atoms with Gasteiger partial charge in [0, 0.05) is 80.0 Å². The number of phenolic OH excluding ortho intramolecular Hbond substituents is 1. The number of aromatic hydroxyl groups is 1. The predicted molar refractivity (Wildman–Crippen MR) is 267 cm³/mol. The Balaban J connectivity index is 0.000000172. The lowest BCUT2D eigenvalue weighted by molar-refractivity contribution is -0.129. The zero-order chi connectivity index (χ0) is 50.1. The number of amides is 2. The van der Waals surface area contributed by atoms with E-state index in [-0.39, 0.29) is 45.0 Å². The molecule has 0 atom stereocenters. The zero-order valence-corrected chi connectivity index (χ0v) is 42.4. The van der Waals surface area contributed by atoms with Crippen LogP contribution >= 0.6 is 11.6 Å². The molecule has 3 fully saturated rings. The van der Waals surface area contributed by atoms with Crippen LogP contribution in [0.3, 0.4) is 0 Å². The van der Waals surface area contributed by atoms with Crippen molar-refractivity contribution in [1.82, 2.24) is 44.5 Å². The van der Waals surface area contributed by atoms with Gasteiger partial charge in [-0.05, 0) is 118 Å². The summed E-state index contributed by atoms with van der Waals surface area (Å²) in [6.07, 6.45) is 14.7. The Kier molecular flexibility index (Phi) is 15.1. The van der Waals surface area contributed by atoms with E-state index >= 15 is 0 Å². The average molecular weight is 981 g/mol. The van der Waals surface area contributed by atoms with Gasteiger partial charge < -0.3 is 25.1 Å². The lowest BCUT2D eigenvalue weighted by Crippen LogP contribution is -2.63. The van der Waals surface area contributed by atoms with E-state index in [0.29, 0.717) is 54.1 Å². The number of fused-ring (bicyclic) bond motifs is 2. The molecule has 0 bridgehead atoms. The third-order valence-corrected chi connectivity index (χ3v) is 15.3. The number of likely N-dealkylation sites (tertiary alicyclic amines) is 1. The summed E-state index contributed by atoms with van der Waals surface area (Å²) in [5.41, 5.74) is 6.55. The van der Waals surface area contributed by atoms with E-state index in [9.17, 15) is 18.4 Å². The minimum atomic E-state index is -2.63. The molecule has 374 valence electrons. The average Bonchev–Trinajstić information content (AvgIpc) is 4.10. The number of hydrogen-bond donors (Lipinski definition) is 2. The second-order valence-electron chi connectivity index (χ2n) is 21.3. The third kappa shape index (κ3) is 10.9. The van der Waals surface area contributed by atoms with Crippen LogP contribution < -0.4 is 10.2 Å². The molecule has 14 nitrogen and oxygen atoms in total. The van der Waals surface area contributed by atoms with Crippen molar-refractivity contribution in [2.45, 2.75) is 136 Å². The number of nitrogens with one attached hydrogen (secondary N) is 1. The molecular weight excluding hydrogens is 912 g/mol. The molecule has 2 aliphatic carbocycles. The molecule has 5 aliphatic rings. The quantitative estimate of drug-likeness (QED) is 0.162. The molecular formula is C53H68ClF2N11O3. The summed E-state index contributed by atoms with van der Waals surface area (Å²) in [5, 5.41) is 34.8. The highest BCUT2D eigenvalue weighted by Gasteiger charge is 2.53. The standard InChI is InChI=1S/C28H35F2N7O.C18H29N3O.C7H4ClNO/c1-18(38)35-14-9-25-23(17-35)28(32-37(25)20-6-11-33(2)12-7-20)36-10-4-5-19-15-21(24-8-13-34(3)31-24)22(27(29)30)16-26(19)36;1-17(2)12-18(3,4)16(17)20-15(22)13-10-19-21(11-13)14-8-6-5-7-9-14;8-7-3-6(10)2-1-5(7)4-9/h8,13,15-16,20,27H,4-7,9-12,14,17H2,1-3H3;10-11,14,16H,5-9,12H2,1-4H3,(H,20,22);1-3,10H. The van der Waals surface area contributed by atoms with Crippen LogP contribution in [0, 0.1) is 22.2 Å². The van der Waals surface area contributed by atoms with Crippen LogP contribution in [0.25, 0.3) is 11.3 Å². The van der Waals surface area contributed by atoms with Gasteiger partial charge in [-0.2, -0.15) is 20.6 Å². The first-order valence-electron chi connectivity index (χ1n) is 24.8. The zero-order valence-electron chi connectivity index (χ0n) is 41.7.